The molecule has 0 unspecified atom stereocenters. The van der Waals surface area contributed by atoms with Crippen molar-refractivity contribution < 1.29 is 18.6 Å². The first kappa shape index (κ1) is 13.5. The van der Waals surface area contributed by atoms with Crippen LogP contribution in [-0.2, 0) is 7.05 Å². The number of aromatic nitrogens is 1. The van der Waals surface area contributed by atoms with Gasteiger partial charge >= 0.3 is 0 Å². The van der Waals surface area contributed by atoms with Gasteiger partial charge in [-0.15, -0.1) is 0 Å². The molecule has 0 aliphatic carbocycles. The first-order valence-corrected chi connectivity index (χ1v) is 10.2. The second kappa shape index (κ2) is 7.66. The molecule has 0 fully saturated rings. The van der Waals surface area contributed by atoms with Crippen molar-refractivity contribution in [3.63, 3.8) is 0 Å². The number of rotatable bonds is 3. The summed E-state index contributed by atoms with van der Waals surface area (Å²) in [7, 11) is 1.89. The second-order valence-corrected chi connectivity index (χ2v) is 7.84. The van der Waals surface area contributed by atoms with Crippen LogP contribution in [0.25, 0.3) is 44.3 Å². The van der Waals surface area contributed by atoms with Crippen LogP contribution in [0.3, 0.4) is 0 Å². The van der Waals surface area contributed by atoms with Gasteiger partial charge in [0.15, 0.2) is 6.20 Å². The molecule has 0 aliphatic heterocycles. The number of pyridine rings is 1. The topological polar surface area (TPSA) is 40.8 Å². The highest BCUT2D eigenvalue weighted by atomic mass is 16.3. The van der Waals surface area contributed by atoms with Gasteiger partial charge in [0.2, 0.25) is 5.69 Å². The van der Waals surface area contributed by atoms with Crippen molar-refractivity contribution in [2.24, 2.45) is 7.05 Å². The maximum Gasteiger partial charge on any atom is 0.216 e. The van der Waals surface area contributed by atoms with Gasteiger partial charge in [-0.1, -0.05) is 56.2 Å². The lowest BCUT2D eigenvalue weighted by molar-refractivity contribution is -0.660. The van der Waals surface area contributed by atoms with Crippen LogP contribution in [0.4, 0.5) is 0 Å². The molecular formula is C29H25N2O+. The molecule has 0 bridgehead atoms. The normalized spacial score (nSPS) is 15.7. The third kappa shape index (κ3) is 2.99. The van der Waals surface area contributed by atoms with Crippen molar-refractivity contribution in [2.75, 3.05) is 0 Å². The van der Waals surface area contributed by atoms with Crippen molar-refractivity contribution in [2.45, 2.75) is 26.5 Å². The fourth-order valence-corrected chi connectivity index (χ4v) is 4.41. The Bertz CT molecular complexity index is 1760. The van der Waals surface area contributed by atoms with E-state index >= 15 is 0 Å². The van der Waals surface area contributed by atoms with Gasteiger partial charge in [0, 0.05) is 43.6 Å². The Morgan fingerprint density at radius 2 is 1.75 bits per heavy atom. The molecule has 32 heavy (non-hydrogen) atoms. The van der Waals surface area contributed by atoms with E-state index in [1.165, 1.54) is 0 Å². The lowest BCUT2D eigenvalue weighted by atomic mass is 9.87. The van der Waals surface area contributed by atoms with Crippen LogP contribution < -0.4 is 4.57 Å². The summed E-state index contributed by atoms with van der Waals surface area (Å²) in [4.78, 5) is 0. The smallest absolute Gasteiger partial charge is 0.216 e. The van der Waals surface area contributed by atoms with E-state index < -0.39 is 19.6 Å². The molecule has 0 saturated carbocycles. The molecule has 3 aromatic carbocycles. The van der Waals surface area contributed by atoms with Crippen molar-refractivity contribution in [3.05, 3.63) is 89.6 Å². The van der Waals surface area contributed by atoms with Crippen LogP contribution in [0.2, 0.25) is 0 Å². The van der Waals surface area contributed by atoms with E-state index in [2.05, 4.69) is 6.07 Å². The number of hydrogen-bond donors (Lipinski definition) is 0. The molecule has 5 aromatic rings. The Hall–Kier alpha value is -3.90. The second-order valence-electron chi connectivity index (χ2n) is 7.84. The first-order valence-electron chi connectivity index (χ1n) is 13.7. The number of nitriles is 1. The quantitative estimate of drug-likeness (QED) is 0.291. The molecule has 0 amide bonds. The van der Waals surface area contributed by atoms with Gasteiger partial charge in [-0.25, -0.2) is 4.57 Å². The zero-order chi connectivity index (χ0) is 28.3. The first-order chi connectivity index (χ1) is 18.3. The Labute approximate surface area is 198 Å². The van der Waals surface area contributed by atoms with E-state index in [0.29, 0.717) is 21.9 Å². The monoisotopic (exact) mass is 424 g/mol. The number of nitrogens with zero attached hydrogens (tertiary/aromatic N) is 2. The van der Waals surface area contributed by atoms with Gasteiger partial charge < -0.3 is 4.42 Å². The molecule has 2 aromatic heterocycles. The Kier molecular flexibility index (Phi) is 3.23. The summed E-state index contributed by atoms with van der Waals surface area (Å²) < 4.78 is 67.2. The number of hydrogen-bond acceptors (Lipinski definition) is 2. The number of aryl methyl sites for hydroxylation is 2. The average Bonchev–Trinajstić information content (AvgIpc) is 3.25. The fourth-order valence-electron chi connectivity index (χ4n) is 4.41. The fraction of sp³-hybridized carbons (Fsp3) is 0.172. The van der Waals surface area contributed by atoms with E-state index in [4.69, 9.17) is 12.6 Å². The number of benzene rings is 3. The van der Waals surface area contributed by atoms with E-state index in [-0.39, 0.29) is 22.3 Å². The predicted octanol–water partition coefficient (Wildman–Crippen LogP) is 7.05. The third-order valence-corrected chi connectivity index (χ3v) is 5.88. The summed E-state index contributed by atoms with van der Waals surface area (Å²) in [5.41, 5.74) is 3.04. The third-order valence-electron chi connectivity index (χ3n) is 5.88. The molecule has 0 radical (unpaired) electrons. The largest absolute Gasteiger partial charge is 0.455 e. The Morgan fingerprint density at radius 3 is 2.47 bits per heavy atom. The van der Waals surface area contributed by atoms with Crippen molar-refractivity contribution >= 4 is 21.9 Å². The highest BCUT2D eigenvalue weighted by Crippen LogP contribution is 2.44. The van der Waals surface area contributed by atoms with Crippen LogP contribution in [0, 0.1) is 18.3 Å². The highest BCUT2D eigenvalue weighted by Gasteiger charge is 2.25. The van der Waals surface area contributed by atoms with Gasteiger partial charge in [0.25, 0.3) is 0 Å². The Balaban J connectivity index is 2.07. The van der Waals surface area contributed by atoms with E-state index in [9.17, 15) is 6.63 Å². The zero-order valence-corrected chi connectivity index (χ0v) is 17.7. The molecule has 0 saturated heterocycles. The average molecular weight is 425 g/mol. The van der Waals surface area contributed by atoms with Gasteiger partial charge in [-0.3, -0.25) is 0 Å². The molecule has 5 rings (SSSR count). The summed E-state index contributed by atoms with van der Waals surface area (Å²) in [6.07, 6.45) is 1.89. The van der Waals surface area contributed by atoms with Gasteiger partial charge in [-0.05, 0) is 36.1 Å². The summed E-state index contributed by atoms with van der Waals surface area (Å²) in [5.74, 6) is -3.10. The molecule has 156 valence electrons. The summed E-state index contributed by atoms with van der Waals surface area (Å²) >= 11 is 0. The minimum absolute atomic E-state index is 0.0319. The molecular weight excluding hydrogens is 392 g/mol. The van der Waals surface area contributed by atoms with Crippen molar-refractivity contribution in [3.8, 4) is 28.5 Å². The minimum Gasteiger partial charge on any atom is -0.455 e. The molecule has 0 aliphatic rings. The zero-order valence-electron chi connectivity index (χ0n) is 24.7. The summed E-state index contributed by atoms with van der Waals surface area (Å²) in [6, 6.07) is 21.6. The molecule has 0 N–H and O–H groups in total. The van der Waals surface area contributed by atoms with Crippen LogP contribution in [0.15, 0.2) is 77.3 Å². The molecule has 3 nitrogen and oxygen atoms in total. The van der Waals surface area contributed by atoms with E-state index in [1.54, 1.807) is 36.4 Å². The van der Waals surface area contributed by atoms with E-state index in [1.807, 2.05) is 55.1 Å². The lowest BCUT2D eigenvalue weighted by Gasteiger charge is -2.15. The van der Waals surface area contributed by atoms with Crippen LogP contribution in [-0.4, -0.2) is 0 Å². The van der Waals surface area contributed by atoms with Crippen LogP contribution in [0.1, 0.15) is 45.9 Å². The highest BCUT2D eigenvalue weighted by molar-refractivity contribution is 6.12. The van der Waals surface area contributed by atoms with Crippen molar-refractivity contribution in [1.29, 1.82) is 5.26 Å². The minimum atomic E-state index is -3.29. The standard InChI is InChI=1S/C29H25N2O/c1-18(2)25-27(20-10-6-5-7-11-20)21(17-30)16-23-22-14-13-19(3)26(28(22)32-29(23)25)24-12-8-9-15-31(24)4/h5-16,18H,1-4H3/q+1/i1D3,2D3,18D. The Morgan fingerprint density at radius 1 is 0.969 bits per heavy atom. The number of fused-ring (bicyclic) bond motifs is 3. The van der Waals surface area contributed by atoms with Crippen LogP contribution in [0.5, 0.6) is 0 Å². The molecule has 0 spiro atoms. The lowest BCUT2D eigenvalue weighted by Crippen LogP contribution is -2.30. The number of furan rings is 1. The molecule has 2 heterocycles. The van der Waals surface area contributed by atoms with E-state index in [0.717, 1.165) is 16.8 Å². The maximum absolute atomic E-state index is 10.2. The van der Waals surface area contributed by atoms with Crippen LogP contribution >= 0.6 is 0 Å². The maximum atomic E-state index is 10.2. The molecule has 0 atom stereocenters. The van der Waals surface area contributed by atoms with Gasteiger partial charge in [-0.2, -0.15) is 5.26 Å². The SMILES string of the molecule is [2H]C([2H])([2H])C([2H])(c1c(-c2ccccc2)c(C#N)cc2c1oc1c(-c3cccc[n+]3C)c(C)ccc12)C([2H])([2H])[2H]. The summed E-state index contributed by atoms with van der Waals surface area (Å²) in [6.45, 7) is -4.65. The van der Waals surface area contributed by atoms with Gasteiger partial charge in [0.05, 0.1) is 17.2 Å². The predicted molar refractivity (Wildman–Crippen MR) is 129 cm³/mol. The van der Waals surface area contributed by atoms with Crippen molar-refractivity contribution in [1.82, 2.24) is 0 Å². The summed E-state index contributed by atoms with van der Waals surface area (Å²) in [5, 5.41) is 11.2. The molecule has 3 heteroatoms. The van der Waals surface area contributed by atoms with Gasteiger partial charge in [0.1, 0.15) is 18.2 Å².